The summed E-state index contributed by atoms with van der Waals surface area (Å²) in [6, 6.07) is 9.95. The lowest BCUT2D eigenvalue weighted by Gasteiger charge is -2.15. The van der Waals surface area contributed by atoms with Crippen LogP contribution in [-0.2, 0) is 0 Å². The zero-order valence-corrected chi connectivity index (χ0v) is 9.45. The van der Waals surface area contributed by atoms with Crippen LogP contribution in [0.2, 0.25) is 0 Å². The zero-order chi connectivity index (χ0) is 10.8. The molecule has 0 aliphatic carbocycles. The Balaban J connectivity index is 2.59. The van der Waals surface area contributed by atoms with Gasteiger partial charge in [0.15, 0.2) is 5.82 Å². The summed E-state index contributed by atoms with van der Waals surface area (Å²) < 4.78 is 2.45. The van der Waals surface area contributed by atoms with E-state index in [-0.39, 0.29) is 0 Å². The molecule has 2 rings (SSSR count). The first-order valence-corrected chi connectivity index (χ1v) is 5.01. The molecule has 5 heteroatoms. The maximum atomic E-state index is 5.15. The van der Waals surface area contributed by atoms with E-state index in [0.29, 0.717) is 4.77 Å². The molecule has 15 heavy (non-hydrogen) atoms. The highest BCUT2D eigenvalue weighted by Gasteiger charge is 2.08. The summed E-state index contributed by atoms with van der Waals surface area (Å²) in [6.07, 6.45) is 0. The fourth-order valence-corrected chi connectivity index (χ4v) is 1.73. The van der Waals surface area contributed by atoms with Crippen LogP contribution in [0.3, 0.4) is 0 Å². The highest BCUT2D eigenvalue weighted by Crippen LogP contribution is 2.15. The van der Waals surface area contributed by atoms with Gasteiger partial charge in [0, 0.05) is 19.7 Å². The number of hydrogen-bond acceptors (Lipinski definition) is 3. The van der Waals surface area contributed by atoms with Crippen LogP contribution in [0.15, 0.2) is 30.3 Å². The van der Waals surface area contributed by atoms with Crippen molar-refractivity contribution in [2.45, 2.75) is 0 Å². The molecular formula is C10H12N4S. The Bertz CT molecular complexity index is 498. The van der Waals surface area contributed by atoms with Crippen molar-refractivity contribution < 1.29 is 0 Å². The van der Waals surface area contributed by atoms with Gasteiger partial charge in [-0.3, -0.25) is 0 Å². The van der Waals surface area contributed by atoms with Gasteiger partial charge in [-0.15, -0.1) is 0 Å². The van der Waals surface area contributed by atoms with Crippen molar-refractivity contribution in [1.29, 1.82) is 0 Å². The van der Waals surface area contributed by atoms with E-state index in [2.05, 4.69) is 10.2 Å². The van der Waals surface area contributed by atoms with E-state index in [1.165, 1.54) is 0 Å². The topological polar surface area (TPSA) is 36.9 Å². The van der Waals surface area contributed by atoms with Gasteiger partial charge >= 0.3 is 0 Å². The van der Waals surface area contributed by atoms with Crippen LogP contribution >= 0.6 is 12.2 Å². The lowest BCUT2D eigenvalue weighted by atomic mass is 10.2. The third-order valence-electron chi connectivity index (χ3n) is 2.08. The number of aromatic nitrogens is 3. The number of nitrogens with zero attached hydrogens (tertiary/aromatic N) is 3. The van der Waals surface area contributed by atoms with Gasteiger partial charge in [-0.1, -0.05) is 30.3 Å². The van der Waals surface area contributed by atoms with Crippen molar-refractivity contribution in [1.82, 2.24) is 14.9 Å². The minimum atomic E-state index is 0.596. The summed E-state index contributed by atoms with van der Waals surface area (Å²) in [4.78, 5) is 0. The lowest BCUT2D eigenvalue weighted by molar-refractivity contribution is 0.725. The number of H-pyrrole nitrogens is 1. The maximum Gasteiger partial charge on any atom is 0.214 e. The van der Waals surface area contributed by atoms with Gasteiger partial charge in [-0.25, -0.2) is 9.77 Å². The molecule has 0 fully saturated rings. The van der Waals surface area contributed by atoms with Crippen molar-refractivity contribution in [3.05, 3.63) is 35.1 Å². The van der Waals surface area contributed by atoms with Crippen LogP contribution in [0.25, 0.3) is 11.4 Å². The summed E-state index contributed by atoms with van der Waals surface area (Å²) in [7, 11) is 3.86. The predicted octanol–water partition coefficient (Wildman–Crippen LogP) is 1.81. The summed E-state index contributed by atoms with van der Waals surface area (Å²) in [5, 5.41) is 8.90. The Labute approximate surface area is 93.1 Å². The van der Waals surface area contributed by atoms with Crippen molar-refractivity contribution in [2.75, 3.05) is 19.1 Å². The second kappa shape index (κ2) is 3.86. The zero-order valence-electron chi connectivity index (χ0n) is 8.64. The SMILES string of the molecule is CN(C)n1c(-c2ccccc2)n[nH]c1=S. The van der Waals surface area contributed by atoms with E-state index in [4.69, 9.17) is 12.2 Å². The first-order chi connectivity index (χ1) is 7.20. The standard InChI is InChI=1S/C10H12N4S/c1-13(2)14-9(11-12-10(14)15)8-6-4-3-5-7-8/h3-7H,1-2H3,(H,12,15). The third kappa shape index (κ3) is 1.78. The summed E-state index contributed by atoms with van der Waals surface area (Å²) in [6.45, 7) is 0. The molecule has 0 saturated carbocycles. The minimum absolute atomic E-state index is 0.596. The van der Waals surface area contributed by atoms with Crippen LogP contribution in [0.1, 0.15) is 0 Å². The number of hydrogen-bond donors (Lipinski definition) is 1. The Morgan fingerprint density at radius 1 is 1.27 bits per heavy atom. The fourth-order valence-electron chi connectivity index (χ4n) is 1.44. The Kier molecular flexibility index (Phi) is 2.55. The lowest BCUT2D eigenvalue weighted by Crippen LogP contribution is -2.25. The van der Waals surface area contributed by atoms with Crippen LogP contribution in [0.5, 0.6) is 0 Å². The molecule has 0 bridgehead atoms. The normalized spacial score (nSPS) is 10.3. The molecule has 2 aromatic rings. The molecule has 1 N–H and O–H groups in total. The molecule has 0 radical (unpaired) electrons. The van der Waals surface area contributed by atoms with E-state index >= 15 is 0 Å². The molecule has 78 valence electrons. The first-order valence-electron chi connectivity index (χ1n) is 4.60. The monoisotopic (exact) mass is 220 g/mol. The highest BCUT2D eigenvalue weighted by molar-refractivity contribution is 7.71. The van der Waals surface area contributed by atoms with Crippen LogP contribution in [-0.4, -0.2) is 29.0 Å². The van der Waals surface area contributed by atoms with Gasteiger partial charge in [0.05, 0.1) is 0 Å². The maximum absolute atomic E-state index is 5.15. The first kappa shape index (κ1) is 9.92. The molecule has 4 nitrogen and oxygen atoms in total. The Morgan fingerprint density at radius 2 is 1.93 bits per heavy atom. The van der Waals surface area contributed by atoms with Crippen LogP contribution < -0.4 is 5.01 Å². The van der Waals surface area contributed by atoms with Gasteiger partial charge in [0.1, 0.15) is 0 Å². The van der Waals surface area contributed by atoms with E-state index in [1.54, 1.807) is 0 Å². The second-order valence-corrected chi connectivity index (χ2v) is 3.76. The predicted molar refractivity (Wildman–Crippen MR) is 62.9 cm³/mol. The van der Waals surface area contributed by atoms with E-state index in [9.17, 15) is 0 Å². The molecule has 1 aromatic carbocycles. The molecule has 0 aliphatic rings. The number of benzene rings is 1. The van der Waals surface area contributed by atoms with Crippen molar-refractivity contribution in [3.63, 3.8) is 0 Å². The minimum Gasteiger partial charge on any atom is -0.315 e. The smallest absolute Gasteiger partial charge is 0.214 e. The second-order valence-electron chi connectivity index (χ2n) is 3.38. The number of aromatic amines is 1. The molecular weight excluding hydrogens is 208 g/mol. The van der Waals surface area contributed by atoms with Crippen molar-refractivity contribution in [2.24, 2.45) is 0 Å². The average Bonchev–Trinajstić information content (AvgIpc) is 2.61. The number of rotatable bonds is 2. The Hall–Kier alpha value is -1.62. The largest absolute Gasteiger partial charge is 0.315 e. The quantitative estimate of drug-likeness (QED) is 0.784. The molecule has 0 aliphatic heterocycles. The highest BCUT2D eigenvalue weighted by atomic mass is 32.1. The van der Waals surface area contributed by atoms with Gasteiger partial charge in [0.25, 0.3) is 0 Å². The van der Waals surface area contributed by atoms with Gasteiger partial charge < -0.3 is 5.01 Å². The van der Waals surface area contributed by atoms with Crippen molar-refractivity contribution in [3.8, 4) is 11.4 Å². The van der Waals surface area contributed by atoms with Gasteiger partial charge in [-0.05, 0) is 12.2 Å². The van der Waals surface area contributed by atoms with E-state index < -0.39 is 0 Å². The van der Waals surface area contributed by atoms with Crippen LogP contribution in [0, 0.1) is 4.77 Å². The molecule has 0 spiro atoms. The summed E-state index contributed by atoms with van der Waals surface area (Å²) >= 11 is 5.15. The summed E-state index contributed by atoms with van der Waals surface area (Å²) in [5.74, 6) is 0.825. The fraction of sp³-hybridized carbons (Fsp3) is 0.200. The van der Waals surface area contributed by atoms with Gasteiger partial charge in [0.2, 0.25) is 4.77 Å². The van der Waals surface area contributed by atoms with Crippen LogP contribution in [0.4, 0.5) is 0 Å². The van der Waals surface area contributed by atoms with Gasteiger partial charge in [-0.2, -0.15) is 5.10 Å². The average molecular weight is 220 g/mol. The molecule has 1 aromatic heterocycles. The summed E-state index contributed by atoms with van der Waals surface area (Å²) in [5.41, 5.74) is 1.04. The Morgan fingerprint density at radius 3 is 2.53 bits per heavy atom. The molecule has 1 heterocycles. The number of nitrogens with one attached hydrogen (secondary N) is 1. The molecule has 0 amide bonds. The van der Waals surface area contributed by atoms with Crippen molar-refractivity contribution >= 4 is 12.2 Å². The third-order valence-corrected chi connectivity index (χ3v) is 2.35. The van der Waals surface area contributed by atoms with E-state index in [1.807, 2.05) is 54.1 Å². The molecule has 0 atom stereocenters. The molecule has 0 saturated heterocycles. The van der Waals surface area contributed by atoms with E-state index in [0.717, 1.165) is 11.4 Å². The molecule has 0 unspecified atom stereocenters.